The standard InChI is InChI=1S/C19H20N2O6S/c1-26-19(23)13-7-3-4-8-14(13)20-18(22)17-11-12-21(28(2,24)25)15-9-5-6-10-16(15)27-17/h3-10,17H,11-12H2,1-2H3,(H,20,22)/t17-/m0/s1. The highest BCUT2D eigenvalue weighted by Gasteiger charge is 2.31. The Bertz CT molecular complexity index is 1000. The van der Waals surface area contributed by atoms with E-state index in [1.54, 1.807) is 42.5 Å². The van der Waals surface area contributed by atoms with Gasteiger partial charge in [0.15, 0.2) is 6.10 Å². The summed E-state index contributed by atoms with van der Waals surface area (Å²) in [5.41, 5.74) is 0.890. The first kappa shape index (κ1) is 19.7. The van der Waals surface area contributed by atoms with Gasteiger partial charge in [-0.1, -0.05) is 24.3 Å². The van der Waals surface area contributed by atoms with Crippen LogP contribution in [0.1, 0.15) is 16.8 Å². The number of methoxy groups -OCH3 is 1. The molecule has 1 N–H and O–H groups in total. The summed E-state index contributed by atoms with van der Waals surface area (Å²) >= 11 is 0. The van der Waals surface area contributed by atoms with Gasteiger partial charge >= 0.3 is 5.97 Å². The number of hydrogen-bond donors (Lipinski definition) is 1. The largest absolute Gasteiger partial charge is 0.478 e. The highest BCUT2D eigenvalue weighted by molar-refractivity contribution is 7.92. The molecule has 1 aliphatic heterocycles. The smallest absolute Gasteiger partial charge is 0.339 e. The predicted octanol–water partition coefficient (Wildman–Crippen LogP) is 2.03. The summed E-state index contributed by atoms with van der Waals surface area (Å²) in [5, 5.41) is 2.67. The van der Waals surface area contributed by atoms with E-state index in [0.717, 1.165) is 6.26 Å². The highest BCUT2D eigenvalue weighted by Crippen LogP contribution is 2.34. The summed E-state index contributed by atoms with van der Waals surface area (Å²) in [6, 6.07) is 13.1. The lowest BCUT2D eigenvalue weighted by atomic mass is 10.1. The van der Waals surface area contributed by atoms with E-state index in [1.807, 2.05) is 0 Å². The van der Waals surface area contributed by atoms with Gasteiger partial charge in [-0.25, -0.2) is 13.2 Å². The Morgan fingerprint density at radius 3 is 2.54 bits per heavy atom. The molecule has 1 heterocycles. The average molecular weight is 404 g/mol. The van der Waals surface area contributed by atoms with E-state index in [2.05, 4.69) is 5.32 Å². The molecule has 2 aromatic rings. The number of benzene rings is 2. The van der Waals surface area contributed by atoms with Crippen molar-refractivity contribution in [3.8, 4) is 5.75 Å². The Labute approximate surface area is 163 Å². The number of nitrogens with zero attached hydrogens (tertiary/aromatic N) is 1. The zero-order chi connectivity index (χ0) is 20.3. The van der Waals surface area contributed by atoms with Crippen molar-refractivity contribution in [1.82, 2.24) is 0 Å². The second-order valence-electron chi connectivity index (χ2n) is 6.22. The van der Waals surface area contributed by atoms with Gasteiger partial charge in [-0.2, -0.15) is 0 Å². The van der Waals surface area contributed by atoms with Crippen LogP contribution in [-0.4, -0.2) is 46.3 Å². The number of para-hydroxylation sites is 3. The average Bonchev–Trinajstić information content (AvgIpc) is 2.87. The van der Waals surface area contributed by atoms with Crippen molar-refractivity contribution in [2.45, 2.75) is 12.5 Å². The number of sulfonamides is 1. The molecule has 1 atom stereocenters. The van der Waals surface area contributed by atoms with E-state index < -0.39 is 28.0 Å². The number of ether oxygens (including phenoxy) is 2. The molecule has 3 rings (SSSR count). The molecular weight excluding hydrogens is 384 g/mol. The maximum absolute atomic E-state index is 12.8. The lowest BCUT2D eigenvalue weighted by Gasteiger charge is -2.20. The summed E-state index contributed by atoms with van der Waals surface area (Å²) in [4.78, 5) is 24.7. The summed E-state index contributed by atoms with van der Waals surface area (Å²) < 4.78 is 36.0. The third kappa shape index (κ3) is 4.09. The number of fused-ring (bicyclic) bond motifs is 1. The van der Waals surface area contributed by atoms with E-state index in [4.69, 9.17) is 9.47 Å². The number of carbonyl (C=O) groups is 2. The number of anilines is 2. The highest BCUT2D eigenvalue weighted by atomic mass is 32.2. The molecule has 148 valence electrons. The monoisotopic (exact) mass is 404 g/mol. The zero-order valence-electron chi connectivity index (χ0n) is 15.4. The second kappa shape index (κ2) is 7.89. The fourth-order valence-corrected chi connectivity index (χ4v) is 3.90. The third-order valence-electron chi connectivity index (χ3n) is 4.28. The maximum atomic E-state index is 12.8. The fourth-order valence-electron chi connectivity index (χ4n) is 2.95. The van der Waals surface area contributed by atoms with Gasteiger partial charge in [-0.3, -0.25) is 9.10 Å². The van der Waals surface area contributed by atoms with Gasteiger partial charge in [0, 0.05) is 13.0 Å². The van der Waals surface area contributed by atoms with E-state index in [0.29, 0.717) is 17.1 Å². The van der Waals surface area contributed by atoms with Gasteiger partial charge < -0.3 is 14.8 Å². The van der Waals surface area contributed by atoms with Crippen LogP contribution in [0.15, 0.2) is 48.5 Å². The van der Waals surface area contributed by atoms with Crippen molar-refractivity contribution in [3.05, 3.63) is 54.1 Å². The van der Waals surface area contributed by atoms with Crippen molar-refractivity contribution in [2.24, 2.45) is 0 Å². The van der Waals surface area contributed by atoms with Crippen molar-refractivity contribution < 1.29 is 27.5 Å². The molecule has 0 unspecified atom stereocenters. The van der Waals surface area contributed by atoms with E-state index >= 15 is 0 Å². The van der Waals surface area contributed by atoms with Crippen LogP contribution in [0.2, 0.25) is 0 Å². The molecule has 0 aromatic heterocycles. The van der Waals surface area contributed by atoms with Crippen LogP contribution in [0.25, 0.3) is 0 Å². The zero-order valence-corrected chi connectivity index (χ0v) is 16.2. The van der Waals surface area contributed by atoms with Gasteiger partial charge in [-0.05, 0) is 24.3 Å². The number of rotatable bonds is 4. The van der Waals surface area contributed by atoms with Gasteiger partial charge in [0.1, 0.15) is 5.75 Å². The van der Waals surface area contributed by atoms with E-state index in [-0.39, 0.29) is 18.5 Å². The number of nitrogens with one attached hydrogen (secondary N) is 1. The van der Waals surface area contributed by atoms with Crippen molar-refractivity contribution in [1.29, 1.82) is 0 Å². The molecule has 0 saturated heterocycles. The van der Waals surface area contributed by atoms with Crippen LogP contribution in [0.5, 0.6) is 5.75 Å². The first-order valence-corrected chi connectivity index (χ1v) is 10.4. The molecule has 0 radical (unpaired) electrons. The SMILES string of the molecule is COC(=O)c1ccccc1NC(=O)[C@@H]1CCN(S(C)(=O)=O)c2ccccc2O1. The van der Waals surface area contributed by atoms with Crippen LogP contribution < -0.4 is 14.4 Å². The van der Waals surface area contributed by atoms with Gasteiger partial charge in [0.25, 0.3) is 5.91 Å². The molecule has 9 heteroatoms. The molecule has 0 bridgehead atoms. The fraction of sp³-hybridized carbons (Fsp3) is 0.263. The lowest BCUT2D eigenvalue weighted by Crippen LogP contribution is -2.36. The molecule has 0 fully saturated rings. The van der Waals surface area contributed by atoms with Gasteiger partial charge in [0.2, 0.25) is 10.0 Å². The first-order valence-electron chi connectivity index (χ1n) is 8.53. The van der Waals surface area contributed by atoms with Gasteiger partial charge in [-0.15, -0.1) is 0 Å². The van der Waals surface area contributed by atoms with Crippen LogP contribution >= 0.6 is 0 Å². The van der Waals surface area contributed by atoms with Crippen molar-refractivity contribution in [2.75, 3.05) is 29.5 Å². The van der Waals surface area contributed by atoms with Gasteiger partial charge in [0.05, 0.1) is 30.3 Å². The molecule has 0 saturated carbocycles. The Balaban J connectivity index is 1.86. The quantitative estimate of drug-likeness (QED) is 0.783. The molecule has 8 nitrogen and oxygen atoms in total. The van der Waals surface area contributed by atoms with Crippen molar-refractivity contribution >= 4 is 33.3 Å². The Kier molecular flexibility index (Phi) is 5.55. The van der Waals surface area contributed by atoms with Crippen LogP contribution in [0.4, 0.5) is 11.4 Å². The molecular formula is C19H20N2O6S. The summed E-state index contributed by atoms with van der Waals surface area (Å²) in [5.74, 6) is -0.764. The van der Waals surface area contributed by atoms with Crippen LogP contribution in [-0.2, 0) is 19.6 Å². The minimum Gasteiger partial charge on any atom is -0.478 e. The summed E-state index contributed by atoms with van der Waals surface area (Å²) in [6.07, 6.45) is 0.323. The summed E-state index contributed by atoms with van der Waals surface area (Å²) in [7, 11) is -2.28. The Morgan fingerprint density at radius 2 is 1.82 bits per heavy atom. The molecule has 0 spiro atoms. The normalized spacial score (nSPS) is 16.4. The molecule has 28 heavy (non-hydrogen) atoms. The minimum atomic E-state index is -3.53. The van der Waals surface area contributed by atoms with E-state index in [9.17, 15) is 18.0 Å². The number of carbonyl (C=O) groups excluding carboxylic acids is 2. The molecule has 2 aromatic carbocycles. The molecule has 1 aliphatic rings. The van der Waals surface area contributed by atoms with Crippen molar-refractivity contribution in [3.63, 3.8) is 0 Å². The predicted molar refractivity (Wildman–Crippen MR) is 104 cm³/mol. The maximum Gasteiger partial charge on any atom is 0.339 e. The molecule has 1 amide bonds. The minimum absolute atomic E-state index is 0.0899. The Morgan fingerprint density at radius 1 is 1.14 bits per heavy atom. The summed E-state index contributed by atoms with van der Waals surface area (Å²) in [6.45, 7) is 0.0899. The number of hydrogen-bond acceptors (Lipinski definition) is 6. The van der Waals surface area contributed by atoms with Crippen LogP contribution in [0.3, 0.4) is 0 Å². The first-order chi connectivity index (χ1) is 13.3. The Hall–Kier alpha value is -3.07. The van der Waals surface area contributed by atoms with Crippen LogP contribution in [0, 0.1) is 0 Å². The third-order valence-corrected chi connectivity index (χ3v) is 5.46. The molecule has 0 aliphatic carbocycles. The second-order valence-corrected chi connectivity index (χ2v) is 8.13. The number of amides is 1. The topological polar surface area (TPSA) is 102 Å². The van der Waals surface area contributed by atoms with E-state index in [1.165, 1.54) is 17.5 Å². The lowest BCUT2D eigenvalue weighted by molar-refractivity contribution is -0.122. The number of esters is 1.